The Hall–Kier alpha value is -2.09. The first kappa shape index (κ1) is 14.8. The van der Waals surface area contributed by atoms with E-state index >= 15 is 0 Å². The Bertz CT molecular complexity index is 723. The van der Waals surface area contributed by atoms with Gasteiger partial charge in [-0.2, -0.15) is 0 Å². The second-order valence-corrected chi connectivity index (χ2v) is 7.01. The third-order valence-electron chi connectivity index (χ3n) is 4.08. The smallest absolute Gasteiger partial charge is 0.313 e. The van der Waals surface area contributed by atoms with Crippen molar-refractivity contribution in [2.45, 2.75) is 45.6 Å². The molecule has 2 aromatic rings. The first-order valence-electron chi connectivity index (χ1n) is 7.79. The average molecular weight is 294 g/mol. The standard InChI is InChI=1S/C20H22O2/c1-13(19(21)22-20(2,3)4)14-9-10-18-16(11-14)12-15-7-5-6-8-17(15)18/h5-11,13H,12H2,1-4H3/t13-/m0/s1. The van der Waals surface area contributed by atoms with Crippen molar-refractivity contribution in [3.05, 3.63) is 59.2 Å². The van der Waals surface area contributed by atoms with Crippen molar-refractivity contribution in [3.8, 4) is 11.1 Å². The molecule has 0 saturated carbocycles. The van der Waals surface area contributed by atoms with Crippen LogP contribution in [0.25, 0.3) is 11.1 Å². The van der Waals surface area contributed by atoms with Crippen LogP contribution >= 0.6 is 0 Å². The zero-order chi connectivity index (χ0) is 15.9. The zero-order valence-electron chi connectivity index (χ0n) is 13.6. The van der Waals surface area contributed by atoms with Gasteiger partial charge in [0.25, 0.3) is 0 Å². The van der Waals surface area contributed by atoms with Gasteiger partial charge in [0.2, 0.25) is 0 Å². The topological polar surface area (TPSA) is 26.3 Å². The van der Waals surface area contributed by atoms with E-state index in [-0.39, 0.29) is 11.9 Å². The molecule has 114 valence electrons. The van der Waals surface area contributed by atoms with E-state index in [0.717, 1.165) is 12.0 Å². The Morgan fingerprint density at radius 1 is 1.05 bits per heavy atom. The van der Waals surface area contributed by atoms with Gasteiger partial charge in [0.15, 0.2) is 0 Å². The molecule has 2 heteroatoms. The molecule has 2 aromatic carbocycles. The van der Waals surface area contributed by atoms with Crippen LogP contribution in [0.15, 0.2) is 42.5 Å². The lowest BCUT2D eigenvalue weighted by atomic mass is 9.96. The Labute approximate surface area is 132 Å². The zero-order valence-corrected chi connectivity index (χ0v) is 13.6. The molecular formula is C20H22O2. The normalized spacial score (nSPS) is 14.2. The van der Waals surface area contributed by atoms with E-state index in [1.807, 2.05) is 27.7 Å². The van der Waals surface area contributed by atoms with Gasteiger partial charge in [-0.1, -0.05) is 42.5 Å². The predicted molar refractivity (Wildman–Crippen MR) is 88.9 cm³/mol. The van der Waals surface area contributed by atoms with Crippen LogP contribution in [-0.4, -0.2) is 11.6 Å². The van der Waals surface area contributed by atoms with Crippen molar-refractivity contribution < 1.29 is 9.53 Å². The largest absolute Gasteiger partial charge is 0.460 e. The van der Waals surface area contributed by atoms with Gasteiger partial charge in [0.05, 0.1) is 5.92 Å². The molecule has 0 aromatic heterocycles. The number of fused-ring (bicyclic) bond motifs is 3. The number of esters is 1. The molecule has 0 bridgehead atoms. The summed E-state index contributed by atoms with van der Waals surface area (Å²) in [6.07, 6.45) is 0.945. The van der Waals surface area contributed by atoms with Gasteiger partial charge in [-0.3, -0.25) is 4.79 Å². The molecule has 22 heavy (non-hydrogen) atoms. The SMILES string of the molecule is C[C@H](C(=O)OC(C)(C)C)c1ccc2c(c1)Cc1ccccc1-2. The Morgan fingerprint density at radius 3 is 2.45 bits per heavy atom. The van der Waals surface area contributed by atoms with Gasteiger partial charge < -0.3 is 4.74 Å². The van der Waals surface area contributed by atoms with Crippen molar-refractivity contribution in [1.82, 2.24) is 0 Å². The third-order valence-corrected chi connectivity index (χ3v) is 4.08. The van der Waals surface area contributed by atoms with Crippen LogP contribution < -0.4 is 0 Å². The molecule has 0 unspecified atom stereocenters. The minimum atomic E-state index is -0.446. The van der Waals surface area contributed by atoms with Crippen molar-refractivity contribution in [2.24, 2.45) is 0 Å². The van der Waals surface area contributed by atoms with Gasteiger partial charge >= 0.3 is 5.97 Å². The number of hydrogen-bond donors (Lipinski definition) is 0. The van der Waals surface area contributed by atoms with Crippen molar-refractivity contribution in [3.63, 3.8) is 0 Å². The van der Waals surface area contributed by atoms with E-state index in [4.69, 9.17) is 4.74 Å². The predicted octanol–water partition coefficient (Wildman–Crippen LogP) is 4.70. The van der Waals surface area contributed by atoms with Gasteiger partial charge in [0.1, 0.15) is 5.60 Å². The van der Waals surface area contributed by atoms with Gasteiger partial charge in [-0.05, 0) is 61.9 Å². The maximum Gasteiger partial charge on any atom is 0.313 e. The molecule has 0 N–H and O–H groups in total. The summed E-state index contributed by atoms with van der Waals surface area (Å²) < 4.78 is 5.50. The molecule has 3 rings (SSSR count). The molecule has 1 atom stereocenters. The summed E-state index contributed by atoms with van der Waals surface area (Å²) in [6.45, 7) is 7.61. The van der Waals surface area contributed by atoms with E-state index in [1.54, 1.807) is 0 Å². The highest BCUT2D eigenvalue weighted by atomic mass is 16.6. The minimum absolute atomic E-state index is 0.164. The highest BCUT2D eigenvalue weighted by molar-refractivity contribution is 5.81. The lowest BCUT2D eigenvalue weighted by Gasteiger charge is -2.22. The lowest BCUT2D eigenvalue weighted by Crippen LogP contribution is -2.26. The highest BCUT2D eigenvalue weighted by Gasteiger charge is 2.25. The van der Waals surface area contributed by atoms with E-state index in [1.165, 1.54) is 22.3 Å². The molecule has 0 heterocycles. The Kier molecular flexibility index (Phi) is 3.56. The van der Waals surface area contributed by atoms with Crippen LogP contribution in [0.5, 0.6) is 0 Å². The third kappa shape index (κ3) is 2.78. The summed E-state index contributed by atoms with van der Waals surface area (Å²) in [5.41, 5.74) is 5.84. The van der Waals surface area contributed by atoms with E-state index < -0.39 is 5.60 Å². The molecule has 0 radical (unpaired) electrons. The number of hydrogen-bond acceptors (Lipinski definition) is 2. The Balaban J connectivity index is 1.87. The molecule has 0 saturated heterocycles. The van der Waals surface area contributed by atoms with Gasteiger partial charge in [-0.15, -0.1) is 0 Å². The first-order chi connectivity index (χ1) is 10.3. The molecular weight excluding hydrogens is 272 g/mol. The van der Waals surface area contributed by atoms with Gasteiger partial charge in [-0.25, -0.2) is 0 Å². The van der Waals surface area contributed by atoms with Crippen molar-refractivity contribution >= 4 is 5.97 Å². The summed E-state index contributed by atoms with van der Waals surface area (Å²) in [6, 6.07) is 14.8. The second kappa shape index (κ2) is 5.28. The highest BCUT2D eigenvalue weighted by Crippen LogP contribution is 2.37. The van der Waals surface area contributed by atoms with Crippen LogP contribution in [0, 0.1) is 0 Å². The van der Waals surface area contributed by atoms with E-state index in [0.29, 0.717) is 0 Å². The summed E-state index contributed by atoms with van der Waals surface area (Å²) in [5, 5.41) is 0. The number of carbonyl (C=O) groups is 1. The maximum absolute atomic E-state index is 12.3. The Morgan fingerprint density at radius 2 is 1.73 bits per heavy atom. The van der Waals surface area contributed by atoms with Crippen LogP contribution in [-0.2, 0) is 16.0 Å². The number of rotatable bonds is 2. The van der Waals surface area contributed by atoms with Crippen LogP contribution in [0.2, 0.25) is 0 Å². The van der Waals surface area contributed by atoms with Crippen molar-refractivity contribution in [2.75, 3.05) is 0 Å². The van der Waals surface area contributed by atoms with Gasteiger partial charge in [0, 0.05) is 0 Å². The van der Waals surface area contributed by atoms with Crippen LogP contribution in [0.3, 0.4) is 0 Å². The lowest BCUT2D eigenvalue weighted by molar-refractivity contribution is -0.156. The average Bonchev–Trinajstić information content (AvgIpc) is 2.82. The minimum Gasteiger partial charge on any atom is -0.460 e. The molecule has 2 nitrogen and oxygen atoms in total. The second-order valence-electron chi connectivity index (χ2n) is 7.01. The molecule has 1 aliphatic carbocycles. The quantitative estimate of drug-likeness (QED) is 0.640. The monoisotopic (exact) mass is 294 g/mol. The summed E-state index contributed by atoms with van der Waals surface area (Å²) in [4.78, 5) is 12.3. The molecule has 0 spiro atoms. The van der Waals surface area contributed by atoms with E-state index in [2.05, 4.69) is 42.5 Å². The molecule has 0 aliphatic heterocycles. The first-order valence-corrected chi connectivity index (χ1v) is 7.79. The fourth-order valence-corrected chi connectivity index (χ4v) is 2.96. The van der Waals surface area contributed by atoms with Crippen molar-refractivity contribution in [1.29, 1.82) is 0 Å². The summed E-state index contributed by atoms with van der Waals surface area (Å²) in [5.74, 6) is -0.406. The fourth-order valence-electron chi connectivity index (χ4n) is 2.96. The number of benzene rings is 2. The molecule has 0 amide bonds. The van der Waals surface area contributed by atoms with Crippen LogP contribution in [0.4, 0.5) is 0 Å². The van der Waals surface area contributed by atoms with E-state index in [9.17, 15) is 4.79 Å². The number of carbonyl (C=O) groups excluding carboxylic acids is 1. The molecule has 0 fully saturated rings. The number of ether oxygens (including phenoxy) is 1. The molecule has 1 aliphatic rings. The summed E-state index contributed by atoms with van der Waals surface area (Å²) in [7, 11) is 0. The fraction of sp³-hybridized carbons (Fsp3) is 0.350. The van der Waals surface area contributed by atoms with Crippen LogP contribution in [0.1, 0.15) is 50.3 Å². The maximum atomic E-state index is 12.3. The summed E-state index contributed by atoms with van der Waals surface area (Å²) >= 11 is 0.